The SMILES string of the molecule is FC(Br)(CBr)C(Br)(Br)Br. The molecule has 0 fully saturated rings. The average Bonchev–Trinajstić information content (AvgIpc) is 1.64. The summed E-state index contributed by atoms with van der Waals surface area (Å²) in [6.07, 6.45) is 0. The fourth-order valence-corrected chi connectivity index (χ4v) is 2.05. The second-order valence-corrected chi connectivity index (χ2v) is 9.91. The Balaban J connectivity index is 4.14. The number of halogens is 6. The molecule has 0 bridgehead atoms. The third-order valence-electron chi connectivity index (χ3n) is 0.583. The van der Waals surface area contributed by atoms with Crippen molar-refractivity contribution in [2.24, 2.45) is 0 Å². The number of hydrogen-bond donors (Lipinski definition) is 0. The maximum atomic E-state index is 13.1. The highest BCUT2D eigenvalue weighted by molar-refractivity contribution is 9.40. The molecule has 0 N–H and O–H groups in total. The van der Waals surface area contributed by atoms with Crippen molar-refractivity contribution in [3.63, 3.8) is 0 Å². The molecule has 0 aliphatic carbocycles. The number of hydrogen-bond acceptors (Lipinski definition) is 0. The quantitative estimate of drug-likeness (QED) is 0.517. The van der Waals surface area contributed by atoms with Crippen molar-refractivity contribution >= 4 is 79.6 Å². The molecule has 0 heterocycles. The monoisotopic (exact) mass is 452 g/mol. The maximum Gasteiger partial charge on any atom is 0.209 e. The van der Waals surface area contributed by atoms with Crippen LogP contribution >= 0.6 is 79.6 Å². The summed E-state index contributed by atoms with van der Waals surface area (Å²) in [5.41, 5.74) is 0. The lowest BCUT2D eigenvalue weighted by molar-refractivity contribution is 0.356. The highest BCUT2D eigenvalue weighted by Gasteiger charge is 2.44. The third kappa shape index (κ3) is 3.49. The normalized spacial score (nSPS) is 19.3. The molecular formula is C3H2Br5F. The smallest absolute Gasteiger partial charge is 0.209 e. The zero-order valence-corrected chi connectivity index (χ0v) is 11.9. The Morgan fingerprint density at radius 1 is 1.11 bits per heavy atom. The van der Waals surface area contributed by atoms with Gasteiger partial charge in [-0.1, -0.05) is 63.7 Å². The Hall–Kier alpha value is 2.33. The van der Waals surface area contributed by atoms with Gasteiger partial charge in [0.1, 0.15) is 0 Å². The largest absolute Gasteiger partial charge is 0.227 e. The summed E-state index contributed by atoms with van der Waals surface area (Å²) in [5, 5.41) is 0.182. The van der Waals surface area contributed by atoms with E-state index in [1.54, 1.807) is 0 Å². The number of alkyl halides is 6. The molecule has 0 saturated carbocycles. The molecule has 0 radical (unpaired) electrons. The molecule has 0 aliphatic rings. The van der Waals surface area contributed by atoms with E-state index in [2.05, 4.69) is 79.6 Å². The van der Waals surface area contributed by atoms with E-state index in [0.29, 0.717) is 0 Å². The molecule has 6 heteroatoms. The zero-order chi connectivity index (χ0) is 7.71. The van der Waals surface area contributed by atoms with Crippen LogP contribution in [0.5, 0.6) is 0 Å². The van der Waals surface area contributed by atoms with Gasteiger partial charge in [-0.2, -0.15) is 0 Å². The third-order valence-corrected chi connectivity index (χ3v) is 6.46. The predicted molar refractivity (Wildman–Crippen MR) is 56.1 cm³/mol. The van der Waals surface area contributed by atoms with E-state index in [4.69, 9.17) is 0 Å². The number of rotatable bonds is 1. The van der Waals surface area contributed by atoms with Crippen LogP contribution < -0.4 is 0 Å². The van der Waals surface area contributed by atoms with Crippen molar-refractivity contribution in [2.45, 2.75) is 6.72 Å². The van der Waals surface area contributed by atoms with Gasteiger partial charge in [-0.15, -0.1) is 0 Å². The summed E-state index contributed by atoms with van der Waals surface area (Å²) < 4.78 is 10.6. The van der Waals surface area contributed by atoms with E-state index in [-0.39, 0.29) is 5.33 Å². The molecule has 0 nitrogen and oxygen atoms in total. The minimum Gasteiger partial charge on any atom is -0.227 e. The molecule has 0 aromatic carbocycles. The molecule has 0 aliphatic heterocycles. The Morgan fingerprint density at radius 3 is 1.44 bits per heavy atom. The van der Waals surface area contributed by atoms with Crippen molar-refractivity contribution in [3.05, 3.63) is 0 Å². The van der Waals surface area contributed by atoms with Crippen LogP contribution in [0.4, 0.5) is 4.39 Å². The van der Waals surface area contributed by atoms with Gasteiger partial charge in [0, 0.05) is 0 Å². The molecule has 0 rings (SSSR count). The van der Waals surface area contributed by atoms with Gasteiger partial charge in [0.2, 0.25) is 4.58 Å². The molecule has 1 unspecified atom stereocenters. The lowest BCUT2D eigenvalue weighted by Gasteiger charge is -2.24. The first-order valence-electron chi connectivity index (χ1n) is 1.82. The van der Waals surface area contributed by atoms with Crippen LogP contribution in [0.1, 0.15) is 0 Å². The Labute approximate surface area is 95.0 Å². The van der Waals surface area contributed by atoms with Crippen molar-refractivity contribution in [2.75, 3.05) is 5.33 Å². The van der Waals surface area contributed by atoms with E-state index in [1.807, 2.05) is 0 Å². The first-order valence-corrected chi connectivity index (χ1v) is 6.11. The molecule has 0 saturated heterocycles. The summed E-state index contributed by atoms with van der Waals surface area (Å²) in [7, 11) is 0. The first kappa shape index (κ1) is 11.3. The van der Waals surface area contributed by atoms with Crippen LogP contribution in [0.15, 0.2) is 0 Å². The molecule has 0 aromatic rings. The summed E-state index contributed by atoms with van der Waals surface area (Å²) in [6.45, 7) is 0. The zero-order valence-electron chi connectivity index (χ0n) is 3.97. The standard InChI is InChI=1S/C3H2Br5F/c4-1-2(5,9)3(6,7)8/h1H2. The fraction of sp³-hybridized carbons (Fsp3) is 1.00. The Kier molecular flexibility index (Phi) is 4.82. The highest BCUT2D eigenvalue weighted by atomic mass is 80.0. The van der Waals surface area contributed by atoms with Crippen LogP contribution in [0.3, 0.4) is 0 Å². The summed E-state index contributed by atoms with van der Waals surface area (Å²) in [5.74, 6) is 0. The van der Waals surface area contributed by atoms with Gasteiger partial charge in [-0.05, 0) is 15.9 Å². The van der Waals surface area contributed by atoms with Crippen molar-refractivity contribution < 1.29 is 4.39 Å². The van der Waals surface area contributed by atoms with E-state index in [0.717, 1.165) is 0 Å². The minimum absolute atomic E-state index is 0.182. The second kappa shape index (κ2) is 3.83. The maximum absolute atomic E-state index is 13.1. The molecule has 1 atom stereocenters. The van der Waals surface area contributed by atoms with E-state index in [9.17, 15) is 4.39 Å². The van der Waals surface area contributed by atoms with Gasteiger partial charge in [0.05, 0.1) is 5.33 Å². The van der Waals surface area contributed by atoms with Gasteiger partial charge >= 0.3 is 0 Å². The van der Waals surface area contributed by atoms with Crippen LogP contribution in [-0.2, 0) is 0 Å². The van der Waals surface area contributed by atoms with E-state index >= 15 is 0 Å². The summed E-state index contributed by atoms with van der Waals surface area (Å²) in [4.78, 5) is 0. The van der Waals surface area contributed by atoms with Crippen LogP contribution in [0.25, 0.3) is 0 Å². The second-order valence-electron chi connectivity index (χ2n) is 1.34. The van der Waals surface area contributed by atoms with Gasteiger partial charge in [0.15, 0.2) is 2.14 Å². The molecule has 56 valence electrons. The van der Waals surface area contributed by atoms with Gasteiger partial charge in [-0.3, -0.25) is 0 Å². The summed E-state index contributed by atoms with van der Waals surface area (Å²) in [6, 6.07) is 0. The Morgan fingerprint density at radius 2 is 1.44 bits per heavy atom. The highest BCUT2D eigenvalue weighted by Crippen LogP contribution is 2.50. The van der Waals surface area contributed by atoms with Crippen LogP contribution in [-0.4, -0.2) is 12.1 Å². The lowest BCUT2D eigenvalue weighted by atomic mass is 10.5. The molecule has 9 heavy (non-hydrogen) atoms. The van der Waals surface area contributed by atoms with Crippen molar-refractivity contribution in [3.8, 4) is 0 Å². The Bertz CT molecular complexity index is 94.9. The fourth-order valence-electron chi connectivity index (χ4n) is 0.0758. The van der Waals surface area contributed by atoms with Crippen LogP contribution in [0.2, 0.25) is 0 Å². The van der Waals surface area contributed by atoms with E-state index < -0.39 is 6.72 Å². The topological polar surface area (TPSA) is 0 Å². The van der Waals surface area contributed by atoms with Crippen molar-refractivity contribution in [1.29, 1.82) is 0 Å². The van der Waals surface area contributed by atoms with Crippen LogP contribution in [0, 0.1) is 0 Å². The molecule has 0 aromatic heterocycles. The molecular weight excluding hydrogens is 455 g/mol. The van der Waals surface area contributed by atoms with Gasteiger partial charge < -0.3 is 0 Å². The first-order chi connectivity index (χ1) is 3.81. The predicted octanol–water partition coefficient (Wildman–Crippen LogP) is 4.28. The lowest BCUT2D eigenvalue weighted by Crippen LogP contribution is -2.31. The molecule has 0 spiro atoms. The van der Waals surface area contributed by atoms with Gasteiger partial charge in [-0.25, -0.2) is 4.39 Å². The average molecular weight is 457 g/mol. The van der Waals surface area contributed by atoms with Gasteiger partial charge in [0.25, 0.3) is 0 Å². The molecule has 0 amide bonds. The van der Waals surface area contributed by atoms with E-state index in [1.165, 1.54) is 0 Å². The van der Waals surface area contributed by atoms with Crippen molar-refractivity contribution in [1.82, 2.24) is 0 Å². The minimum atomic E-state index is -1.54. The summed E-state index contributed by atoms with van der Waals surface area (Å²) >= 11 is 15.0.